The van der Waals surface area contributed by atoms with Crippen LogP contribution in [0.1, 0.15) is 51.4 Å². The van der Waals surface area contributed by atoms with Gasteiger partial charge in [-0.1, -0.05) is 0 Å². The number of ether oxygens (including phenoxy) is 2. The quantitative estimate of drug-likeness (QED) is 0.748. The molecule has 0 radical (unpaired) electrons. The molecule has 4 heteroatoms. The predicted octanol–water partition coefficient (Wildman–Crippen LogP) is 2.02. The minimum Gasteiger partial charge on any atom is -0.468 e. The molecule has 0 aliphatic heterocycles. The van der Waals surface area contributed by atoms with Gasteiger partial charge in [-0.25, -0.2) is 0 Å². The Morgan fingerprint density at radius 2 is 2.05 bits per heavy atom. The van der Waals surface area contributed by atoms with Crippen LogP contribution in [-0.4, -0.2) is 37.4 Å². The van der Waals surface area contributed by atoms with Crippen LogP contribution in [0.4, 0.5) is 0 Å². The highest BCUT2D eigenvalue weighted by Gasteiger charge is 2.47. The maximum atomic E-state index is 12.2. The number of carbonyl (C=O) groups is 1. The van der Waals surface area contributed by atoms with Crippen LogP contribution in [0.2, 0.25) is 0 Å². The van der Waals surface area contributed by atoms with Crippen LogP contribution < -0.4 is 5.32 Å². The van der Waals surface area contributed by atoms with E-state index in [1.165, 1.54) is 32.8 Å². The third-order valence-electron chi connectivity index (χ3n) is 4.60. The molecule has 0 aromatic heterocycles. The molecule has 0 saturated heterocycles. The lowest BCUT2D eigenvalue weighted by Gasteiger charge is -2.39. The van der Waals surface area contributed by atoms with Crippen molar-refractivity contribution in [1.82, 2.24) is 5.32 Å². The van der Waals surface area contributed by atoms with Crippen molar-refractivity contribution in [2.75, 3.05) is 13.7 Å². The first-order chi connectivity index (χ1) is 9.22. The number of esters is 1. The maximum absolute atomic E-state index is 12.2. The van der Waals surface area contributed by atoms with Gasteiger partial charge in [-0.05, 0) is 50.9 Å². The molecule has 1 N–H and O–H groups in total. The summed E-state index contributed by atoms with van der Waals surface area (Å²) in [6, 6.07) is 0.515. The molecule has 0 amide bonds. The number of hydrogen-bond acceptors (Lipinski definition) is 4. The third-order valence-corrected chi connectivity index (χ3v) is 4.60. The van der Waals surface area contributed by atoms with Crippen molar-refractivity contribution in [3.05, 3.63) is 0 Å². The third kappa shape index (κ3) is 3.29. The average molecular weight is 267 g/mol. The molecule has 3 saturated carbocycles. The van der Waals surface area contributed by atoms with Gasteiger partial charge in [0.2, 0.25) is 0 Å². The van der Waals surface area contributed by atoms with Gasteiger partial charge in [0.15, 0.2) is 0 Å². The van der Waals surface area contributed by atoms with Gasteiger partial charge in [-0.3, -0.25) is 10.1 Å². The van der Waals surface area contributed by atoms with Gasteiger partial charge in [-0.15, -0.1) is 0 Å². The summed E-state index contributed by atoms with van der Waals surface area (Å²) in [5.41, 5.74) is -0.484. The second-order valence-electron chi connectivity index (χ2n) is 6.49. The Kier molecular flexibility index (Phi) is 3.81. The summed E-state index contributed by atoms with van der Waals surface area (Å²) in [6.45, 7) is 0.880. The Hall–Kier alpha value is -0.610. The van der Waals surface area contributed by atoms with E-state index >= 15 is 0 Å². The summed E-state index contributed by atoms with van der Waals surface area (Å²) < 4.78 is 11.1. The lowest BCUT2D eigenvalue weighted by Crippen LogP contribution is -2.57. The molecule has 0 bridgehead atoms. The molecule has 3 fully saturated rings. The number of nitrogens with one attached hydrogen (secondary N) is 1. The standard InChI is InChI=1S/C15H25NO3/c1-18-14(17)15(16-12-6-7-12)8-2-3-13(9-15)19-10-11-4-5-11/h11-13,16H,2-10H2,1H3. The molecule has 2 unspecified atom stereocenters. The minimum atomic E-state index is -0.484. The minimum absolute atomic E-state index is 0.0980. The van der Waals surface area contributed by atoms with E-state index in [4.69, 9.17) is 9.47 Å². The summed E-state index contributed by atoms with van der Waals surface area (Å²) in [7, 11) is 1.49. The van der Waals surface area contributed by atoms with Crippen molar-refractivity contribution in [3.8, 4) is 0 Å². The van der Waals surface area contributed by atoms with Gasteiger partial charge < -0.3 is 9.47 Å². The first kappa shape index (κ1) is 13.4. The van der Waals surface area contributed by atoms with Crippen LogP contribution in [0.25, 0.3) is 0 Å². The Balaban J connectivity index is 1.61. The van der Waals surface area contributed by atoms with Crippen LogP contribution >= 0.6 is 0 Å². The highest BCUT2D eigenvalue weighted by atomic mass is 16.5. The van der Waals surface area contributed by atoms with E-state index in [9.17, 15) is 4.79 Å². The van der Waals surface area contributed by atoms with E-state index in [1.54, 1.807) is 0 Å². The second kappa shape index (κ2) is 5.41. The molecule has 0 spiro atoms. The summed E-state index contributed by atoms with van der Waals surface area (Å²) in [6.07, 6.45) is 9.02. The van der Waals surface area contributed by atoms with Gasteiger partial charge in [0, 0.05) is 19.1 Å². The fraction of sp³-hybridized carbons (Fsp3) is 0.933. The molecular weight excluding hydrogens is 242 g/mol. The monoisotopic (exact) mass is 267 g/mol. The van der Waals surface area contributed by atoms with E-state index in [1.807, 2.05) is 0 Å². The van der Waals surface area contributed by atoms with Crippen LogP contribution in [0.5, 0.6) is 0 Å². The van der Waals surface area contributed by atoms with Crippen molar-refractivity contribution < 1.29 is 14.3 Å². The van der Waals surface area contributed by atoms with Crippen molar-refractivity contribution in [2.24, 2.45) is 5.92 Å². The van der Waals surface area contributed by atoms with Crippen LogP contribution in [-0.2, 0) is 14.3 Å². The number of hydrogen-bond donors (Lipinski definition) is 1. The number of carbonyl (C=O) groups excluding carboxylic acids is 1. The maximum Gasteiger partial charge on any atom is 0.326 e. The second-order valence-corrected chi connectivity index (χ2v) is 6.49. The van der Waals surface area contributed by atoms with Gasteiger partial charge in [0.1, 0.15) is 5.54 Å². The first-order valence-electron chi connectivity index (χ1n) is 7.69. The fourth-order valence-electron chi connectivity index (χ4n) is 3.11. The largest absolute Gasteiger partial charge is 0.468 e. The lowest BCUT2D eigenvalue weighted by atomic mass is 9.79. The highest BCUT2D eigenvalue weighted by Crippen LogP contribution is 2.36. The number of methoxy groups -OCH3 is 1. The summed E-state index contributed by atoms with van der Waals surface area (Å²) in [5.74, 6) is 0.685. The van der Waals surface area contributed by atoms with Crippen LogP contribution in [0, 0.1) is 5.92 Å². The van der Waals surface area contributed by atoms with Gasteiger partial charge in [0.25, 0.3) is 0 Å². The summed E-state index contributed by atoms with van der Waals surface area (Å²) >= 11 is 0. The molecular formula is C15H25NO3. The zero-order valence-electron chi connectivity index (χ0n) is 11.8. The van der Waals surface area contributed by atoms with Crippen molar-refractivity contribution in [1.29, 1.82) is 0 Å². The molecule has 19 heavy (non-hydrogen) atoms. The van der Waals surface area contributed by atoms with Crippen LogP contribution in [0.3, 0.4) is 0 Å². The number of rotatable bonds is 6. The van der Waals surface area contributed by atoms with E-state index in [0.29, 0.717) is 6.04 Å². The highest BCUT2D eigenvalue weighted by molar-refractivity contribution is 5.81. The van der Waals surface area contributed by atoms with Gasteiger partial charge >= 0.3 is 5.97 Å². The van der Waals surface area contributed by atoms with Crippen molar-refractivity contribution in [3.63, 3.8) is 0 Å². The average Bonchev–Trinajstić information content (AvgIpc) is 3.30. The zero-order chi connectivity index (χ0) is 13.3. The Morgan fingerprint density at radius 1 is 1.26 bits per heavy atom. The van der Waals surface area contributed by atoms with E-state index in [0.717, 1.165) is 38.2 Å². The molecule has 3 aliphatic rings. The lowest BCUT2D eigenvalue weighted by molar-refractivity contribution is -0.153. The van der Waals surface area contributed by atoms with Gasteiger partial charge in [0.05, 0.1) is 13.2 Å². The first-order valence-corrected chi connectivity index (χ1v) is 7.69. The molecule has 3 rings (SSSR count). The van der Waals surface area contributed by atoms with Crippen molar-refractivity contribution >= 4 is 5.97 Å². The van der Waals surface area contributed by atoms with Gasteiger partial charge in [-0.2, -0.15) is 0 Å². The van der Waals surface area contributed by atoms with Crippen molar-refractivity contribution in [2.45, 2.75) is 69.1 Å². The summed E-state index contributed by atoms with van der Waals surface area (Å²) in [4.78, 5) is 12.2. The van der Waals surface area contributed by atoms with E-state index in [2.05, 4.69) is 5.32 Å². The SMILES string of the molecule is COC(=O)C1(NC2CC2)CCCC(OCC2CC2)C1. The molecule has 2 atom stereocenters. The van der Waals surface area contributed by atoms with Crippen LogP contribution in [0.15, 0.2) is 0 Å². The Morgan fingerprint density at radius 3 is 2.68 bits per heavy atom. The molecule has 108 valence electrons. The molecule has 0 aromatic carbocycles. The zero-order valence-corrected chi connectivity index (χ0v) is 11.8. The fourth-order valence-corrected chi connectivity index (χ4v) is 3.11. The smallest absolute Gasteiger partial charge is 0.326 e. The van der Waals surface area contributed by atoms with E-state index in [-0.39, 0.29) is 12.1 Å². The topological polar surface area (TPSA) is 47.6 Å². The summed E-state index contributed by atoms with van der Waals surface area (Å²) in [5, 5.41) is 3.54. The Bertz CT molecular complexity index is 338. The van der Waals surface area contributed by atoms with E-state index < -0.39 is 5.54 Å². The normalized spacial score (nSPS) is 35.1. The Labute approximate surface area is 115 Å². The molecule has 0 aromatic rings. The molecule has 4 nitrogen and oxygen atoms in total. The molecule has 3 aliphatic carbocycles. The predicted molar refractivity (Wildman–Crippen MR) is 71.8 cm³/mol. The molecule has 0 heterocycles.